The summed E-state index contributed by atoms with van der Waals surface area (Å²) in [5.74, 6) is 1.09. The summed E-state index contributed by atoms with van der Waals surface area (Å²) < 4.78 is 0. The molecular formula is C12H18O. The highest BCUT2D eigenvalue weighted by atomic mass is 16.3. The molecule has 0 aromatic heterocycles. The molecule has 0 heterocycles. The monoisotopic (exact) mass is 178 g/mol. The summed E-state index contributed by atoms with van der Waals surface area (Å²) in [6.07, 6.45) is 1.94. The van der Waals surface area contributed by atoms with Gasteiger partial charge < -0.3 is 5.11 Å². The summed E-state index contributed by atoms with van der Waals surface area (Å²) in [6, 6.07) is 6.02. The van der Waals surface area contributed by atoms with E-state index in [4.69, 9.17) is 0 Å². The lowest BCUT2D eigenvalue weighted by atomic mass is 10.0. The quantitative estimate of drug-likeness (QED) is 0.753. The molecule has 13 heavy (non-hydrogen) atoms. The molecule has 0 bridgehead atoms. The molecule has 0 unspecified atom stereocenters. The highest BCUT2D eigenvalue weighted by Crippen LogP contribution is 2.20. The molecule has 0 fully saturated rings. The topological polar surface area (TPSA) is 20.2 Å². The molecule has 0 aliphatic carbocycles. The first-order chi connectivity index (χ1) is 6.13. The summed E-state index contributed by atoms with van der Waals surface area (Å²) in [4.78, 5) is 0. The summed E-state index contributed by atoms with van der Waals surface area (Å²) >= 11 is 0. The van der Waals surface area contributed by atoms with Gasteiger partial charge in [-0.05, 0) is 36.0 Å². The third-order valence-corrected chi connectivity index (χ3v) is 2.17. The number of benzene rings is 1. The molecule has 72 valence electrons. The van der Waals surface area contributed by atoms with Crippen molar-refractivity contribution in [2.24, 2.45) is 5.92 Å². The molecule has 0 amide bonds. The van der Waals surface area contributed by atoms with Gasteiger partial charge in [-0.1, -0.05) is 32.9 Å². The minimum Gasteiger partial charge on any atom is -0.508 e. The van der Waals surface area contributed by atoms with Crippen molar-refractivity contribution in [3.63, 3.8) is 0 Å². The van der Waals surface area contributed by atoms with E-state index in [1.54, 1.807) is 0 Å². The van der Waals surface area contributed by atoms with Crippen molar-refractivity contribution in [3.05, 3.63) is 29.3 Å². The summed E-state index contributed by atoms with van der Waals surface area (Å²) in [5, 5.41) is 9.60. The molecule has 1 aromatic carbocycles. The van der Waals surface area contributed by atoms with Crippen molar-refractivity contribution in [2.75, 3.05) is 0 Å². The van der Waals surface area contributed by atoms with Crippen LogP contribution in [0.1, 0.15) is 31.9 Å². The van der Waals surface area contributed by atoms with Gasteiger partial charge in [0.15, 0.2) is 0 Å². The van der Waals surface area contributed by atoms with Crippen LogP contribution in [0.3, 0.4) is 0 Å². The van der Waals surface area contributed by atoms with E-state index < -0.39 is 0 Å². The molecular weight excluding hydrogens is 160 g/mol. The average molecular weight is 178 g/mol. The van der Waals surface area contributed by atoms with E-state index in [2.05, 4.69) is 26.8 Å². The second-order valence-corrected chi connectivity index (χ2v) is 3.91. The van der Waals surface area contributed by atoms with Gasteiger partial charge in [0, 0.05) is 0 Å². The van der Waals surface area contributed by atoms with Crippen LogP contribution >= 0.6 is 0 Å². The molecule has 1 heteroatoms. The SMILES string of the molecule is CCc1ccc(CC(C)C)cc1O. The van der Waals surface area contributed by atoms with Crippen LogP contribution in [0.2, 0.25) is 0 Å². The van der Waals surface area contributed by atoms with Crippen molar-refractivity contribution < 1.29 is 5.11 Å². The molecule has 0 saturated carbocycles. The van der Waals surface area contributed by atoms with Crippen LogP contribution in [-0.2, 0) is 12.8 Å². The van der Waals surface area contributed by atoms with E-state index in [0.29, 0.717) is 11.7 Å². The molecule has 0 spiro atoms. The normalized spacial score (nSPS) is 10.8. The van der Waals surface area contributed by atoms with Gasteiger partial charge in [-0.2, -0.15) is 0 Å². The Hall–Kier alpha value is -0.980. The van der Waals surface area contributed by atoms with Crippen LogP contribution in [0.25, 0.3) is 0 Å². The van der Waals surface area contributed by atoms with Crippen LogP contribution in [0.5, 0.6) is 5.75 Å². The predicted molar refractivity (Wildman–Crippen MR) is 56.0 cm³/mol. The fourth-order valence-corrected chi connectivity index (χ4v) is 1.51. The van der Waals surface area contributed by atoms with Gasteiger partial charge in [0.2, 0.25) is 0 Å². The standard InChI is InChI=1S/C12H18O/c1-4-11-6-5-10(7-9(2)3)8-12(11)13/h5-6,8-9,13H,4,7H2,1-3H3. The summed E-state index contributed by atoms with van der Waals surface area (Å²) in [6.45, 7) is 6.42. The Kier molecular flexibility index (Phi) is 3.35. The number of hydrogen-bond acceptors (Lipinski definition) is 1. The van der Waals surface area contributed by atoms with Crippen LogP contribution in [-0.4, -0.2) is 5.11 Å². The number of rotatable bonds is 3. The van der Waals surface area contributed by atoms with Crippen molar-refractivity contribution >= 4 is 0 Å². The zero-order chi connectivity index (χ0) is 9.84. The van der Waals surface area contributed by atoms with E-state index in [-0.39, 0.29) is 0 Å². The van der Waals surface area contributed by atoms with Gasteiger partial charge >= 0.3 is 0 Å². The van der Waals surface area contributed by atoms with Gasteiger partial charge in [-0.25, -0.2) is 0 Å². The van der Waals surface area contributed by atoms with E-state index >= 15 is 0 Å². The van der Waals surface area contributed by atoms with E-state index in [1.807, 2.05) is 12.1 Å². The second-order valence-electron chi connectivity index (χ2n) is 3.91. The Balaban J connectivity index is 2.83. The Morgan fingerprint density at radius 2 is 2.00 bits per heavy atom. The number of phenols is 1. The molecule has 0 saturated heterocycles. The molecule has 0 aliphatic heterocycles. The number of phenolic OH excluding ortho intramolecular Hbond substituents is 1. The molecule has 1 rings (SSSR count). The zero-order valence-corrected chi connectivity index (χ0v) is 8.67. The van der Waals surface area contributed by atoms with Gasteiger partial charge in [0.05, 0.1) is 0 Å². The Morgan fingerprint density at radius 1 is 1.31 bits per heavy atom. The number of hydrogen-bond donors (Lipinski definition) is 1. The molecule has 1 nitrogen and oxygen atoms in total. The fourth-order valence-electron chi connectivity index (χ4n) is 1.51. The molecule has 0 aliphatic rings. The Labute approximate surface area is 80.4 Å². The van der Waals surface area contributed by atoms with E-state index in [0.717, 1.165) is 18.4 Å². The molecule has 0 atom stereocenters. The highest BCUT2D eigenvalue weighted by molar-refractivity contribution is 5.36. The molecule has 0 radical (unpaired) electrons. The van der Waals surface area contributed by atoms with E-state index in [1.165, 1.54) is 5.56 Å². The fraction of sp³-hybridized carbons (Fsp3) is 0.500. The minimum absolute atomic E-state index is 0.445. The lowest BCUT2D eigenvalue weighted by molar-refractivity contribution is 0.467. The molecule has 1 aromatic rings. The zero-order valence-electron chi connectivity index (χ0n) is 8.67. The number of aromatic hydroxyl groups is 1. The van der Waals surface area contributed by atoms with Gasteiger partial charge in [0.1, 0.15) is 5.75 Å². The predicted octanol–water partition coefficient (Wildman–Crippen LogP) is 3.15. The largest absolute Gasteiger partial charge is 0.508 e. The van der Waals surface area contributed by atoms with Crippen molar-refractivity contribution in [3.8, 4) is 5.75 Å². The second kappa shape index (κ2) is 4.31. The first-order valence-electron chi connectivity index (χ1n) is 4.94. The first kappa shape index (κ1) is 10.1. The Bertz CT molecular complexity index is 276. The number of aryl methyl sites for hydroxylation is 1. The van der Waals surface area contributed by atoms with Crippen LogP contribution in [0, 0.1) is 5.92 Å². The van der Waals surface area contributed by atoms with Gasteiger partial charge in [0.25, 0.3) is 0 Å². The van der Waals surface area contributed by atoms with Gasteiger partial charge in [-0.3, -0.25) is 0 Å². The maximum atomic E-state index is 9.60. The highest BCUT2D eigenvalue weighted by Gasteiger charge is 2.02. The van der Waals surface area contributed by atoms with Crippen LogP contribution < -0.4 is 0 Å². The maximum Gasteiger partial charge on any atom is 0.119 e. The third kappa shape index (κ3) is 2.76. The average Bonchev–Trinajstić information content (AvgIpc) is 2.03. The lowest BCUT2D eigenvalue weighted by Crippen LogP contribution is -1.94. The minimum atomic E-state index is 0.445. The smallest absolute Gasteiger partial charge is 0.119 e. The summed E-state index contributed by atoms with van der Waals surface area (Å²) in [7, 11) is 0. The molecule has 1 N–H and O–H groups in total. The van der Waals surface area contributed by atoms with Crippen LogP contribution in [0.4, 0.5) is 0 Å². The Morgan fingerprint density at radius 3 is 2.46 bits per heavy atom. The van der Waals surface area contributed by atoms with Crippen molar-refractivity contribution in [2.45, 2.75) is 33.6 Å². The first-order valence-corrected chi connectivity index (χ1v) is 4.94. The third-order valence-electron chi connectivity index (χ3n) is 2.17. The van der Waals surface area contributed by atoms with Gasteiger partial charge in [-0.15, -0.1) is 0 Å². The van der Waals surface area contributed by atoms with E-state index in [9.17, 15) is 5.11 Å². The van der Waals surface area contributed by atoms with Crippen LogP contribution in [0.15, 0.2) is 18.2 Å². The summed E-state index contributed by atoms with van der Waals surface area (Å²) in [5.41, 5.74) is 2.26. The lowest BCUT2D eigenvalue weighted by Gasteiger charge is -2.07. The van der Waals surface area contributed by atoms with Crippen molar-refractivity contribution in [1.29, 1.82) is 0 Å². The maximum absolute atomic E-state index is 9.60. The van der Waals surface area contributed by atoms with Crippen molar-refractivity contribution in [1.82, 2.24) is 0 Å².